The summed E-state index contributed by atoms with van der Waals surface area (Å²) in [6.45, 7) is 6.57. The maximum Gasteiger partial charge on any atom is 0.265 e. The van der Waals surface area contributed by atoms with Gasteiger partial charge in [-0.15, -0.1) is 0 Å². The minimum absolute atomic E-state index is 0.197. The van der Waals surface area contributed by atoms with E-state index in [0.717, 1.165) is 12.8 Å². The molecule has 0 aliphatic rings. The fourth-order valence-corrected chi connectivity index (χ4v) is 2.63. The number of anilines is 1. The standard InChI is InChI=1S/C22H28N2O3/c1-4-15-23-21(25)18-9-7-8-10-19(18)24-22(26)20(6-3)27-17-13-11-16(5-2)12-14-17/h7-14,20H,4-6,15H2,1-3H3,(H,23,25)(H,24,26)/t20-/m1/s1. The summed E-state index contributed by atoms with van der Waals surface area (Å²) in [5.74, 6) is 0.188. The van der Waals surface area contributed by atoms with Crippen LogP contribution in [0.2, 0.25) is 0 Å². The molecule has 2 amide bonds. The van der Waals surface area contributed by atoms with Crippen LogP contribution in [0.1, 0.15) is 49.5 Å². The second kappa shape index (κ2) is 10.4. The van der Waals surface area contributed by atoms with Gasteiger partial charge in [-0.1, -0.05) is 45.0 Å². The third kappa shape index (κ3) is 5.84. The molecular weight excluding hydrogens is 340 g/mol. The molecule has 144 valence electrons. The van der Waals surface area contributed by atoms with Crippen LogP contribution in [0.25, 0.3) is 0 Å². The van der Waals surface area contributed by atoms with Gasteiger partial charge in [-0.3, -0.25) is 9.59 Å². The lowest BCUT2D eigenvalue weighted by Crippen LogP contribution is -2.33. The van der Waals surface area contributed by atoms with E-state index in [1.807, 2.05) is 38.1 Å². The number of rotatable bonds is 9. The third-order valence-electron chi connectivity index (χ3n) is 4.24. The summed E-state index contributed by atoms with van der Waals surface area (Å²) < 4.78 is 5.85. The maximum atomic E-state index is 12.7. The number of amides is 2. The quantitative estimate of drug-likeness (QED) is 0.697. The lowest BCUT2D eigenvalue weighted by molar-refractivity contribution is -0.122. The van der Waals surface area contributed by atoms with E-state index < -0.39 is 6.10 Å². The fourth-order valence-electron chi connectivity index (χ4n) is 2.63. The highest BCUT2D eigenvalue weighted by Crippen LogP contribution is 2.19. The Balaban J connectivity index is 2.08. The highest BCUT2D eigenvalue weighted by Gasteiger charge is 2.21. The van der Waals surface area contributed by atoms with Crippen molar-refractivity contribution in [2.75, 3.05) is 11.9 Å². The zero-order chi connectivity index (χ0) is 19.6. The number of carbonyl (C=O) groups excluding carboxylic acids is 2. The molecular formula is C22H28N2O3. The summed E-state index contributed by atoms with van der Waals surface area (Å²) in [6, 6.07) is 14.7. The van der Waals surface area contributed by atoms with Crippen LogP contribution in [0, 0.1) is 0 Å². The first kappa shape index (κ1) is 20.5. The van der Waals surface area contributed by atoms with Crippen molar-refractivity contribution in [3.63, 3.8) is 0 Å². The molecule has 0 unspecified atom stereocenters. The Labute approximate surface area is 161 Å². The molecule has 0 fully saturated rings. The van der Waals surface area contributed by atoms with E-state index in [1.54, 1.807) is 24.3 Å². The maximum absolute atomic E-state index is 12.7. The molecule has 5 nitrogen and oxygen atoms in total. The molecule has 27 heavy (non-hydrogen) atoms. The normalized spacial score (nSPS) is 11.5. The summed E-state index contributed by atoms with van der Waals surface area (Å²) in [7, 11) is 0. The van der Waals surface area contributed by atoms with E-state index in [9.17, 15) is 9.59 Å². The largest absolute Gasteiger partial charge is 0.481 e. The first-order chi connectivity index (χ1) is 13.1. The van der Waals surface area contributed by atoms with Crippen molar-refractivity contribution in [2.24, 2.45) is 0 Å². The van der Waals surface area contributed by atoms with Crippen LogP contribution in [0.3, 0.4) is 0 Å². The van der Waals surface area contributed by atoms with Crippen molar-refractivity contribution in [1.82, 2.24) is 5.32 Å². The molecule has 0 aliphatic heterocycles. The van der Waals surface area contributed by atoms with Crippen LogP contribution < -0.4 is 15.4 Å². The smallest absolute Gasteiger partial charge is 0.265 e. The van der Waals surface area contributed by atoms with Crippen LogP contribution in [-0.4, -0.2) is 24.5 Å². The Kier molecular flexibility index (Phi) is 7.86. The summed E-state index contributed by atoms with van der Waals surface area (Å²) >= 11 is 0. The monoisotopic (exact) mass is 368 g/mol. The Morgan fingerprint density at radius 3 is 2.33 bits per heavy atom. The second-order valence-electron chi connectivity index (χ2n) is 6.30. The van der Waals surface area contributed by atoms with Gasteiger partial charge in [-0.05, 0) is 49.1 Å². The van der Waals surface area contributed by atoms with Crippen molar-refractivity contribution < 1.29 is 14.3 Å². The first-order valence-electron chi connectivity index (χ1n) is 9.52. The van der Waals surface area contributed by atoms with Crippen molar-refractivity contribution in [3.8, 4) is 5.75 Å². The molecule has 2 N–H and O–H groups in total. The minimum atomic E-state index is -0.635. The van der Waals surface area contributed by atoms with Gasteiger partial charge in [0.1, 0.15) is 5.75 Å². The molecule has 5 heteroatoms. The predicted octanol–water partition coefficient (Wildman–Crippen LogP) is 4.18. The van der Waals surface area contributed by atoms with Crippen molar-refractivity contribution in [3.05, 3.63) is 59.7 Å². The van der Waals surface area contributed by atoms with Crippen molar-refractivity contribution in [2.45, 2.75) is 46.1 Å². The minimum Gasteiger partial charge on any atom is -0.481 e. The number of para-hydroxylation sites is 1. The van der Waals surface area contributed by atoms with Gasteiger partial charge >= 0.3 is 0 Å². The van der Waals surface area contributed by atoms with Crippen LogP contribution >= 0.6 is 0 Å². The van der Waals surface area contributed by atoms with Crippen LogP contribution in [0.15, 0.2) is 48.5 Å². The number of benzene rings is 2. The topological polar surface area (TPSA) is 67.4 Å². The molecule has 2 rings (SSSR count). The molecule has 0 saturated heterocycles. The number of ether oxygens (including phenoxy) is 1. The van der Waals surface area contributed by atoms with Gasteiger partial charge in [0, 0.05) is 6.54 Å². The van der Waals surface area contributed by atoms with Crippen molar-refractivity contribution >= 4 is 17.5 Å². The Morgan fingerprint density at radius 2 is 1.70 bits per heavy atom. The highest BCUT2D eigenvalue weighted by atomic mass is 16.5. The predicted molar refractivity (Wildman–Crippen MR) is 108 cm³/mol. The number of hydrogen-bond donors (Lipinski definition) is 2. The lowest BCUT2D eigenvalue weighted by atomic mass is 10.1. The molecule has 2 aromatic rings. The third-order valence-corrected chi connectivity index (χ3v) is 4.24. The summed E-state index contributed by atoms with van der Waals surface area (Å²) in [6.07, 6.45) is 1.69. The SMILES string of the molecule is CCCNC(=O)c1ccccc1NC(=O)[C@@H](CC)Oc1ccc(CC)cc1. The molecule has 0 heterocycles. The van der Waals surface area contributed by atoms with Gasteiger partial charge in [0.2, 0.25) is 0 Å². The summed E-state index contributed by atoms with van der Waals surface area (Å²) in [4.78, 5) is 25.0. The van der Waals surface area contributed by atoms with Gasteiger partial charge in [0.15, 0.2) is 6.10 Å². The number of nitrogens with one attached hydrogen (secondary N) is 2. The summed E-state index contributed by atoms with van der Waals surface area (Å²) in [5, 5.41) is 5.67. The lowest BCUT2D eigenvalue weighted by Gasteiger charge is -2.18. The number of aryl methyl sites for hydroxylation is 1. The van der Waals surface area contributed by atoms with Gasteiger partial charge in [-0.25, -0.2) is 0 Å². The molecule has 0 spiro atoms. The van der Waals surface area contributed by atoms with Gasteiger partial charge in [0.05, 0.1) is 11.3 Å². The van der Waals surface area contributed by atoms with E-state index in [2.05, 4.69) is 17.6 Å². The van der Waals surface area contributed by atoms with E-state index >= 15 is 0 Å². The molecule has 0 aromatic heterocycles. The zero-order valence-electron chi connectivity index (χ0n) is 16.2. The van der Waals surface area contributed by atoms with E-state index in [-0.39, 0.29) is 11.8 Å². The second-order valence-corrected chi connectivity index (χ2v) is 6.30. The highest BCUT2D eigenvalue weighted by molar-refractivity contribution is 6.04. The van der Waals surface area contributed by atoms with Crippen LogP contribution in [-0.2, 0) is 11.2 Å². The van der Waals surface area contributed by atoms with E-state index in [0.29, 0.717) is 30.0 Å². The van der Waals surface area contributed by atoms with Crippen LogP contribution in [0.4, 0.5) is 5.69 Å². The first-order valence-corrected chi connectivity index (χ1v) is 9.52. The van der Waals surface area contributed by atoms with Gasteiger partial charge in [-0.2, -0.15) is 0 Å². The van der Waals surface area contributed by atoms with E-state index in [1.165, 1.54) is 5.56 Å². The Hall–Kier alpha value is -2.82. The fraction of sp³-hybridized carbons (Fsp3) is 0.364. The van der Waals surface area contributed by atoms with Crippen molar-refractivity contribution in [1.29, 1.82) is 0 Å². The molecule has 0 radical (unpaired) electrons. The number of hydrogen-bond acceptors (Lipinski definition) is 3. The molecule has 0 saturated carbocycles. The van der Waals surface area contributed by atoms with E-state index in [4.69, 9.17) is 4.74 Å². The summed E-state index contributed by atoms with van der Waals surface area (Å²) in [5.41, 5.74) is 2.15. The average Bonchev–Trinajstić information content (AvgIpc) is 2.70. The number of carbonyl (C=O) groups is 2. The molecule has 1 atom stereocenters. The zero-order valence-corrected chi connectivity index (χ0v) is 16.2. The molecule has 0 aliphatic carbocycles. The van der Waals surface area contributed by atoms with Gasteiger partial charge in [0.25, 0.3) is 11.8 Å². The Bertz CT molecular complexity index is 756. The average molecular weight is 368 g/mol. The molecule has 2 aromatic carbocycles. The van der Waals surface area contributed by atoms with Crippen LogP contribution in [0.5, 0.6) is 5.75 Å². The molecule has 0 bridgehead atoms. The van der Waals surface area contributed by atoms with Gasteiger partial charge < -0.3 is 15.4 Å². The Morgan fingerprint density at radius 1 is 1.00 bits per heavy atom.